The number of hydrogen-bond donors (Lipinski definition) is 1. The molecule has 1 aromatic carbocycles. The van der Waals surface area contributed by atoms with E-state index in [9.17, 15) is 13.6 Å². The average Bonchev–Trinajstić information content (AvgIpc) is 3.25. The molecule has 1 fully saturated rings. The predicted molar refractivity (Wildman–Crippen MR) is 96.7 cm³/mol. The first-order chi connectivity index (χ1) is 12.6. The molecule has 1 N–H and O–H groups in total. The van der Waals surface area contributed by atoms with Gasteiger partial charge in [0.2, 0.25) is 0 Å². The van der Waals surface area contributed by atoms with Crippen LogP contribution in [0.4, 0.5) is 19.3 Å². The lowest BCUT2D eigenvalue weighted by Crippen LogP contribution is -2.26. The summed E-state index contributed by atoms with van der Waals surface area (Å²) in [5.74, 6) is -1.36. The number of ether oxygens (including phenoxy) is 1. The molecule has 2 aromatic rings. The van der Waals surface area contributed by atoms with Crippen LogP contribution in [0.3, 0.4) is 0 Å². The van der Waals surface area contributed by atoms with Crippen LogP contribution in [0.25, 0.3) is 5.57 Å². The number of carbonyl (C=O) groups is 1. The molecular weight excluding hydrogens is 380 g/mol. The van der Waals surface area contributed by atoms with E-state index in [1.54, 1.807) is 12.3 Å². The molecule has 0 bridgehead atoms. The Kier molecular flexibility index (Phi) is 5.71. The summed E-state index contributed by atoms with van der Waals surface area (Å²) in [6, 6.07) is 2.36. The van der Waals surface area contributed by atoms with E-state index in [1.807, 2.05) is 0 Å². The summed E-state index contributed by atoms with van der Waals surface area (Å²) in [5.41, 5.74) is 0.754. The van der Waals surface area contributed by atoms with Crippen LogP contribution in [0.2, 0.25) is 0 Å². The van der Waals surface area contributed by atoms with E-state index in [0.29, 0.717) is 31.6 Å². The lowest BCUT2D eigenvalue weighted by Gasteiger charge is -2.18. The Hall–Kier alpha value is -2.52. The third-order valence-corrected chi connectivity index (χ3v) is 4.46. The van der Waals surface area contributed by atoms with Gasteiger partial charge in [-0.1, -0.05) is 11.3 Å². The monoisotopic (exact) mass is 397 g/mol. The second-order valence-corrected chi connectivity index (χ2v) is 6.21. The number of anilines is 1. The van der Waals surface area contributed by atoms with Gasteiger partial charge < -0.3 is 10.1 Å². The summed E-state index contributed by atoms with van der Waals surface area (Å²) in [4.78, 5) is 13.3. The van der Waals surface area contributed by atoms with Gasteiger partial charge in [-0.2, -0.15) is 0 Å². The molecule has 7 nitrogen and oxygen atoms in total. The highest BCUT2D eigenvalue weighted by Gasteiger charge is 2.34. The second kappa shape index (κ2) is 8.01. The van der Waals surface area contributed by atoms with Crippen LogP contribution in [0.1, 0.15) is 12.0 Å². The van der Waals surface area contributed by atoms with Crippen LogP contribution in [0.5, 0.6) is 0 Å². The molecule has 144 valence electrons. The molecule has 0 aliphatic carbocycles. The smallest absolute Gasteiger partial charge is 0.414 e. The fraction of sp³-hybridized carbons (Fsp3) is 0.353. The number of amides is 1. The zero-order valence-corrected chi connectivity index (χ0v) is 15.1. The molecule has 4 rings (SSSR count). The highest BCUT2D eigenvalue weighted by atomic mass is 35.5. The van der Waals surface area contributed by atoms with Gasteiger partial charge in [0.15, 0.2) is 0 Å². The minimum atomic E-state index is -0.680. The third kappa shape index (κ3) is 3.93. The van der Waals surface area contributed by atoms with Crippen molar-refractivity contribution in [1.82, 2.24) is 20.3 Å². The molecule has 1 amide bonds. The number of halogens is 3. The maximum Gasteiger partial charge on any atom is 0.414 e. The molecular formula is C17H18ClF2N5O2. The van der Waals surface area contributed by atoms with Crippen molar-refractivity contribution >= 4 is 29.8 Å². The molecule has 3 heterocycles. The van der Waals surface area contributed by atoms with Crippen molar-refractivity contribution in [2.75, 3.05) is 24.5 Å². The van der Waals surface area contributed by atoms with Crippen molar-refractivity contribution in [1.29, 1.82) is 0 Å². The Labute approximate surface area is 160 Å². The fourth-order valence-electron chi connectivity index (χ4n) is 3.24. The molecule has 2 aliphatic heterocycles. The molecule has 0 radical (unpaired) electrons. The molecule has 1 saturated heterocycles. The fourth-order valence-corrected chi connectivity index (χ4v) is 3.24. The van der Waals surface area contributed by atoms with Gasteiger partial charge in [-0.05, 0) is 30.7 Å². The first-order valence-electron chi connectivity index (χ1n) is 8.33. The molecule has 1 atom stereocenters. The van der Waals surface area contributed by atoms with Gasteiger partial charge in [-0.25, -0.2) is 18.3 Å². The number of cyclic esters (lactones) is 1. The number of aromatic nitrogens is 3. The van der Waals surface area contributed by atoms with Crippen molar-refractivity contribution in [3.63, 3.8) is 0 Å². The predicted octanol–water partition coefficient (Wildman–Crippen LogP) is 2.38. The molecule has 0 spiro atoms. The Morgan fingerprint density at radius 3 is 2.70 bits per heavy atom. The van der Waals surface area contributed by atoms with Crippen molar-refractivity contribution in [3.05, 3.63) is 47.8 Å². The summed E-state index contributed by atoms with van der Waals surface area (Å²) in [6.07, 6.45) is 4.40. The van der Waals surface area contributed by atoms with Gasteiger partial charge in [0, 0.05) is 18.3 Å². The minimum absolute atomic E-state index is 0. The van der Waals surface area contributed by atoms with Gasteiger partial charge >= 0.3 is 6.09 Å². The molecule has 10 heteroatoms. The maximum absolute atomic E-state index is 14.6. The Morgan fingerprint density at radius 2 is 2.07 bits per heavy atom. The van der Waals surface area contributed by atoms with E-state index in [1.165, 1.54) is 27.9 Å². The largest absolute Gasteiger partial charge is 0.442 e. The lowest BCUT2D eigenvalue weighted by atomic mass is 9.98. The summed E-state index contributed by atoms with van der Waals surface area (Å²) in [6.45, 7) is 1.77. The topological polar surface area (TPSA) is 72.3 Å². The van der Waals surface area contributed by atoms with Gasteiger partial charge in [0.25, 0.3) is 0 Å². The first kappa shape index (κ1) is 19.2. The normalized spacial score (nSPS) is 19.5. The van der Waals surface area contributed by atoms with E-state index in [-0.39, 0.29) is 30.2 Å². The van der Waals surface area contributed by atoms with Crippen molar-refractivity contribution in [3.8, 4) is 0 Å². The van der Waals surface area contributed by atoms with Crippen LogP contribution in [-0.4, -0.2) is 46.8 Å². The molecule has 2 aliphatic rings. The van der Waals surface area contributed by atoms with Crippen LogP contribution in [0.15, 0.2) is 30.6 Å². The Bertz CT molecular complexity index is 836. The van der Waals surface area contributed by atoms with Crippen LogP contribution >= 0.6 is 12.4 Å². The SMILES string of the molecule is Cl.O=C1O[C@@H](Cn2ccnn2)CN1c1cc(F)c(C2=CCNCC2)c(F)c1. The number of hydrogen-bond acceptors (Lipinski definition) is 5. The van der Waals surface area contributed by atoms with Crippen LogP contribution < -0.4 is 10.2 Å². The van der Waals surface area contributed by atoms with E-state index in [0.717, 1.165) is 0 Å². The summed E-state index contributed by atoms with van der Waals surface area (Å²) in [7, 11) is 0. The number of carbonyl (C=O) groups excluding carboxylic acids is 1. The van der Waals surface area contributed by atoms with Crippen LogP contribution in [0, 0.1) is 11.6 Å². The molecule has 1 aromatic heterocycles. The first-order valence-corrected chi connectivity index (χ1v) is 8.33. The maximum atomic E-state index is 14.6. The number of nitrogens with one attached hydrogen (secondary N) is 1. The van der Waals surface area contributed by atoms with Crippen LogP contribution in [-0.2, 0) is 11.3 Å². The average molecular weight is 398 g/mol. The zero-order valence-electron chi connectivity index (χ0n) is 14.3. The molecule has 27 heavy (non-hydrogen) atoms. The standard InChI is InChI=1S/C17H17F2N5O2.ClH/c18-14-7-12(8-15(19)16(14)11-1-3-20-4-2-11)24-10-13(26-17(24)25)9-23-6-5-21-22-23;/h1,5-8,13,20H,2-4,9-10H2;1H/t13-;/m0./s1. The Morgan fingerprint density at radius 1 is 1.30 bits per heavy atom. The minimum Gasteiger partial charge on any atom is -0.442 e. The van der Waals surface area contributed by atoms with Gasteiger partial charge in [-0.3, -0.25) is 4.90 Å². The summed E-state index contributed by atoms with van der Waals surface area (Å²) in [5, 5.41) is 10.6. The van der Waals surface area contributed by atoms with Crippen molar-refractivity contribution < 1.29 is 18.3 Å². The third-order valence-electron chi connectivity index (χ3n) is 4.46. The van der Waals surface area contributed by atoms with Crippen molar-refractivity contribution in [2.24, 2.45) is 0 Å². The zero-order chi connectivity index (χ0) is 18.1. The second-order valence-electron chi connectivity index (χ2n) is 6.21. The van der Waals surface area contributed by atoms with Gasteiger partial charge in [-0.15, -0.1) is 17.5 Å². The van der Waals surface area contributed by atoms with E-state index in [4.69, 9.17) is 4.74 Å². The number of benzene rings is 1. The molecule has 0 saturated carbocycles. The van der Waals surface area contributed by atoms with E-state index >= 15 is 0 Å². The number of nitrogens with zero attached hydrogens (tertiary/aromatic N) is 4. The Balaban J connectivity index is 0.00000210. The summed E-state index contributed by atoms with van der Waals surface area (Å²) < 4.78 is 36.0. The van der Waals surface area contributed by atoms with Gasteiger partial charge in [0.05, 0.1) is 25.0 Å². The van der Waals surface area contributed by atoms with Gasteiger partial charge in [0.1, 0.15) is 17.7 Å². The lowest BCUT2D eigenvalue weighted by molar-refractivity contribution is 0.129. The molecule has 0 unspecified atom stereocenters. The quantitative estimate of drug-likeness (QED) is 0.857. The highest BCUT2D eigenvalue weighted by Crippen LogP contribution is 2.31. The highest BCUT2D eigenvalue weighted by molar-refractivity contribution is 5.90. The van der Waals surface area contributed by atoms with E-state index in [2.05, 4.69) is 15.6 Å². The summed E-state index contributed by atoms with van der Waals surface area (Å²) >= 11 is 0. The number of rotatable bonds is 4. The van der Waals surface area contributed by atoms with E-state index < -0.39 is 23.8 Å². The van der Waals surface area contributed by atoms with Crippen molar-refractivity contribution in [2.45, 2.75) is 19.1 Å².